The van der Waals surface area contributed by atoms with E-state index in [1.807, 2.05) is 42.5 Å². The Morgan fingerprint density at radius 2 is 1.93 bits per heavy atom. The molecule has 8 heteroatoms. The van der Waals surface area contributed by atoms with Crippen molar-refractivity contribution < 1.29 is 13.7 Å². The molecule has 1 fully saturated rings. The van der Waals surface area contributed by atoms with Crippen molar-refractivity contribution in [2.45, 2.75) is 31.8 Å². The second-order valence-electron chi connectivity index (χ2n) is 7.10. The van der Waals surface area contributed by atoms with Crippen molar-refractivity contribution in [1.82, 2.24) is 25.7 Å². The number of hydrogen-bond acceptors (Lipinski definition) is 6. The number of hydrogen-bond donors (Lipinski definition) is 2. The summed E-state index contributed by atoms with van der Waals surface area (Å²) in [6, 6.07) is 13.5. The molecule has 3 heterocycles. The zero-order valence-corrected chi connectivity index (χ0v) is 16.2. The van der Waals surface area contributed by atoms with Gasteiger partial charge in [-0.2, -0.15) is 4.98 Å². The van der Waals surface area contributed by atoms with Gasteiger partial charge in [-0.25, -0.2) is 4.79 Å². The first-order valence-electron chi connectivity index (χ1n) is 9.92. The number of aromatic nitrogens is 2. The van der Waals surface area contributed by atoms with Crippen LogP contribution in [0.3, 0.4) is 0 Å². The number of nitrogens with one attached hydrogen (secondary N) is 2. The van der Waals surface area contributed by atoms with E-state index in [-0.39, 0.29) is 18.6 Å². The van der Waals surface area contributed by atoms with Crippen molar-refractivity contribution >= 4 is 6.03 Å². The van der Waals surface area contributed by atoms with Crippen molar-refractivity contribution in [3.8, 4) is 0 Å². The number of amides is 2. The Morgan fingerprint density at radius 3 is 2.69 bits per heavy atom. The number of urea groups is 1. The molecule has 0 saturated carbocycles. The predicted molar refractivity (Wildman–Crippen MR) is 106 cm³/mol. The highest BCUT2D eigenvalue weighted by Gasteiger charge is 2.25. The minimum Gasteiger partial charge on any atom is -0.468 e. The summed E-state index contributed by atoms with van der Waals surface area (Å²) in [7, 11) is 0. The minimum absolute atomic E-state index is 0.0409. The second kappa shape index (κ2) is 9.38. The molecule has 0 radical (unpaired) electrons. The molecule has 0 unspecified atom stereocenters. The molecule has 4 rings (SSSR count). The van der Waals surface area contributed by atoms with Crippen molar-refractivity contribution in [3.05, 3.63) is 71.8 Å². The Labute approximate surface area is 169 Å². The van der Waals surface area contributed by atoms with Gasteiger partial charge in [0.15, 0.2) is 5.82 Å². The molecule has 0 spiro atoms. The normalized spacial score (nSPS) is 15.3. The summed E-state index contributed by atoms with van der Waals surface area (Å²) in [5, 5.41) is 9.67. The molecule has 1 aromatic carbocycles. The highest BCUT2D eigenvalue weighted by Crippen LogP contribution is 2.24. The lowest BCUT2D eigenvalue weighted by atomic mass is 10.1. The van der Waals surface area contributed by atoms with Gasteiger partial charge in [-0.1, -0.05) is 35.5 Å². The van der Waals surface area contributed by atoms with Crippen LogP contribution in [0.4, 0.5) is 4.79 Å². The third kappa shape index (κ3) is 5.23. The summed E-state index contributed by atoms with van der Waals surface area (Å²) in [5.41, 5.74) is 1.11. The lowest BCUT2D eigenvalue weighted by Gasteiger charge is -2.25. The molecule has 8 nitrogen and oxygen atoms in total. The van der Waals surface area contributed by atoms with Crippen LogP contribution < -0.4 is 10.6 Å². The fraction of sp³-hybridized carbons (Fsp3) is 0.381. The molecule has 2 amide bonds. The smallest absolute Gasteiger partial charge is 0.315 e. The van der Waals surface area contributed by atoms with E-state index >= 15 is 0 Å². The Balaban J connectivity index is 1.25. The number of nitrogens with zero attached hydrogens (tertiary/aromatic N) is 3. The number of benzene rings is 1. The first-order chi connectivity index (χ1) is 14.3. The van der Waals surface area contributed by atoms with Gasteiger partial charge in [0.25, 0.3) is 0 Å². The summed E-state index contributed by atoms with van der Waals surface area (Å²) in [6.07, 6.45) is 4.61. The molecule has 1 atom stereocenters. The summed E-state index contributed by atoms with van der Waals surface area (Å²) in [4.78, 5) is 18.9. The van der Waals surface area contributed by atoms with Crippen LogP contribution in [0, 0.1) is 0 Å². The number of carbonyl (C=O) groups is 1. The Hall–Kier alpha value is -3.13. The Kier molecular flexibility index (Phi) is 6.21. The van der Waals surface area contributed by atoms with Crippen LogP contribution in [0.5, 0.6) is 0 Å². The van der Waals surface area contributed by atoms with E-state index in [2.05, 4.69) is 25.7 Å². The summed E-state index contributed by atoms with van der Waals surface area (Å²) in [6.45, 7) is 2.69. The van der Waals surface area contributed by atoms with Gasteiger partial charge in [-0.15, -0.1) is 0 Å². The molecule has 2 N–H and O–H groups in total. The molecule has 152 valence electrons. The molecular weight excluding hydrogens is 370 g/mol. The summed E-state index contributed by atoms with van der Waals surface area (Å²) < 4.78 is 10.8. The SMILES string of the molecule is O=C(NCc1nc(Cc2ccccc2)no1)NC[C@@H](c1ccco1)N1CCCC1. The van der Waals surface area contributed by atoms with Crippen molar-refractivity contribution in [2.24, 2.45) is 0 Å². The Bertz CT molecular complexity index is 888. The molecule has 1 aliphatic rings. The van der Waals surface area contributed by atoms with E-state index in [0.29, 0.717) is 24.7 Å². The van der Waals surface area contributed by atoms with Crippen molar-refractivity contribution in [3.63, 3.8) is 0 Å². The van der Waals surface area contributed by atoms with Gasteiger partial charge in [0.2, 0.25) is 5.89 Å². The molecule has 0 bridgehead atoms. The van der Waals surface area contributed by atoms with Gasteiger partial charge in [0, 0.05) is 13.0 Å². The average Bonchev–Trinajstić information content (AvgIpc) is 3.51. The van der Waals surface area contributed by atoms with Crippen LogP contribution in [-0.4, -0.2) is 40.7 Å². The molecule has 2 aromatic heterocycles. The van der Waals surface area contributed by atoms with Crippen LogP contribution in [0.15, 0.2) is 57.7 Å². The van der Waals surface area contributed by atoms with Crippen molar-refractivity contribution in [1.29, 1.82) is 0 Å². The molecule has 0 aliphatic carbocycles. The number of furan rings is 1. The van der Waals surface area contributed by atoms with Crippen LogP contribution in [0.1, 0.15) is 41.9 Å². The fourth-order valence-electron chi connectivity index (χ4n) is 3.56. The summed E-state index contributed by atoms with van der Waals surface area (Å²) >= 11 is 0. The third-order valence-corrected chi connectivity index (χ3v) is 5.02. The monoisotopic (exact) mass is 395 g/mol. The predicted octanol–water partition coefficient (Wildman–Crippen LogP) is 2.89. The van der Waals surface area contributed by atoms with Crippen LogP contribution in [-0.2, 0) is 13.0 Å². The van der Waals surface area contributed by atoms with E-state index in [9.17, 15) is 4.79 Å². The average molecular weight is 395 g/mol. The van der Waals surface area contributed by atoms with Gasteiger partial charge in [0.1, 0.15) is 5.76 Å². The van der Waals surface area contributed by atoms with Crippen molar-refractivity contribution in [2.75, 3.05) is 19.6 Å². The molecule has 1 aliphatic heterocycles. The molecule has 29 heavy (non-hydrogen) atoms. The highest BCUT2D eigenvalue weighted by molar-refractivity contribution is 5.73. The quantitative estimate of drug-likeness (QED) is 0.609. The van der Waals surface area contributed by atoms with E-state index < -0.39 is 0 Å². The van der Waals surface area contributed by atoms with E-state index in [1.165, 1.54) is 12.8 Å². The first kappa shape index (κ1) is 19.2. The lowest BCUT2D eigenvalue weighted by Crippen LogP contribution is -2.41. The van der Waals surface area contributed by atoms with Gasteiger partial charge >= 0.3 is 6.03 Å². The van der Waals surface area contributed by atoms with Gasteiger partial charge in [-0.3, -0.25) is 4.90 Å². The van der Waals surface area contributed by atoms with Gasteiger partial charge in [0.05, 0.1) is 18.8 Å². The zero-order chi connectivity index (χ0) is 19.9. The number of carbonyl (C=O) groups excluding carboxylic acids is 1. The van der Waals surface area contributed by atoms with Crippen LogP contribution in [0.25, 0.3) is 0 Å². The molecule has 3 aromatic rings. The van der Waals surface area contributed by atoms with Crippen LogP contribution >= 0.6 is 0 Å². The Morgan fingerprint density at radius 1 is 1.10 bits per heavy atom. The largest absolute Gasteiger partial charge is 0.468 e. The minimum atomic E-state index is -0.274. The maximum absolute atomic E-state index is 12.2. The molecule has 1 saturated heterocycles. The lowest BCUT2D eigenvalue weighted by molar-refractivity contribution is 0.202. The topological polar surface area (TPSA) is 96.4 Å². The maximum atomic E-state index is 12.2. The third-order valence-electron chi connectivity index (χ3n) is 5.02. The van der Waals surface area contributed by atoms with Gasteiger partial charge in [-0.05, 0) is 43.6 Å². The molecular formula is C21H25N5O3. The zero-order valence-electron chi connectivity index (χ0n) is 16.2. The van der Waals surface area contributed by atoms with E-state index in [4.69, 9.17) is 8.94 Å². The van der Waals surface area contributed by atoms with E-state index in [1.54, 1.807) is 6.26 Å². The number of rotatable bonds is 8. The fourth-order valence-corrected chi connectivity index (χ4v) is 3.56. The second-order valence-corrected chi connectivity index (χ2v) is 7.10. The number of likely N-dealkylation sites (tertiary alicyclic amines) is 1. The maximum Gasteiger partial charge on any atom is 0.315 e. The van der Waals surface area contributed by atoms with Crippen LogP contribution in [0.2, 0.25) is 0 Å². The summed E-state index contributed by atoms with van der Waals surface area (Å²) in [5.74, 6) is 1.85. The van der Waals surface area contributed by atoms with E-state index in [0.717, 1.165) is 24.4 Å². The first-order valence-corrected chi connectivity index (χ1v) is 9.92. The van der Waals surface area contributed by atoms with Gasteiger partial charge < -0.3 is 19.6 Å². The standard InChI is InChI=1S/C21H25N5O3/c27-21(22-14-17(18-9-6-12-28-18)26-10-4-5-11-26)23-15-20-24-19(25-29-20)13-16-7-2-1-3-8-16/h1-3,6-9,12,17H,4-5,10-11,13-15H2,(H2,22,23,27)/t17-/m0/s1. The highest BCUT2D eigenvalue weighted by atomic mass is 16.5.